The molecule has 21 heavy (non-hydrogen) atoms. The average molecular weight is 284 g/mol. The fourth-order valence-corrected chi connectivity index (χ4v) is 2.81. The Balaban J connectivity index is 1.70. The van der Waals surface area contributed by atoms with Crippen molar-refractivity contribution in [1.82, 2.24) is 20.2 Å². The summed E-state index contributed by atoms with van der Waals surface area (Å²) in [6, 6.07) is 8.32. The van der Waals surface area contributed by atoms with E-state index in [1.54, 1.807) is 0 Å². The van der Waals surface area contributed by atoms with Gasteiger partial charge in [0.2, 0.25) is 5.91 Å². The third-order valence-corrected chi connectivity index (χ3v) is 4.04. The van der Waals surface area contributed by atoms with Crippen molar-refractivity contribution in [2.75, 3.05) is 13.6 Å². The van der Waals surface area contributed by atoms with Crippen LogP contribution in [0.3, 0.4) is 0 Å². The molecule has 5 nitrogen and oxygen atoms in total. The van der Waals surface area contributed by atoms with Crippen molar-refractivity contribution in [3.63, 3.8) is 0 Å². The van der Waals surface area contributed by atoms with Crippen LogP contribution in [0.15, 0.2) is 30.5 Å². The maximum Gasteiger partial charge on any atom is 0.220 e. The molecule has 1 saturated heterocycles. The van der Waals surface area contributed by atoms with E-state index in [0.717, 1.165) is 42.7 Å². The summed E-state index contributed by atoms with van der Waals surface area (Å²) < 4.78 is 0. The summed E-state index contributed by atoms with van der Waals surface area (Å²) in [5.74, 6) is 0.163. The highest BCUT2D eigenvalue weighted by molar-refractivity contribution is 5.76. The minimum Gasteiger partial charge on any atom is -0.356 e. The Morgan fingerprint density at radius 3 is 2.95 bits per heavy atom. The van der Waals surface area contributed by atoms with Crippen molar-refractivity contribution < 1.29 is 4.79 Å². The van der Waals surface area contributed by atoms with E-state index in [-0.39, 0.29) is 5.91 Å². The maximum atomic E-state index is 11.4. The van der Waals surface area contributed by atoms with Crippen molar-refractivity contribution in [2.45, 2.75) is 31.8 Å². The van der Waals surface area contributed by atoms with Gasteiger partial charge in [-0.1, -0.05) is 12.1 Å². The third kappa shape index (κ3) is 3.36. The molecule has 0 spiro atoms. The van der Waals surface area contributed by atoms with Gasteiger partial charge in [-0.3, -0.25) is 14.7 Å². The van der Waals surface area contributed by atoms with Crippen LogP contribution in [0.25, 0.3) is 11.0 Å². The van der Waals surface area contributed by atoms with Crippen LogP contribution in [0.5, 0.6) is 0 Å². The Bertz CT molecular complexity index is 643. The molecule has 1 fully saturated rings. The average Bonchev–Trinajstić information content (AvgIpc) is 2.72. The Morgan fingerprint density at radius 1 is 1.29 bits per heavy atom. The predicted octanol–water partition coefficient (Wildman–Crippen LogP) is 1.73. The fourth-order valence-electron chi connectivity index (χ4n) is 2.81. The lowest BCUT2D eigenvalue weighted by Crippen LogP contribution is -2.32. The molecule has 2 heterocycles. The first-order valence-electron chi connectivity index (χ1n) is 7.40. The first-order chi connectivity index (χ1) is 10.2. The molecule has 0 unspecified atom stereocenters. The monoisotopic (exact) mass is 284 g/mol. The summed E-state index contributed by atoms with van der Waals surface area (Å²) in [7, 11) is 2.09. The van der Waals surface area contributed by atoms with Gasteiger partial charge in [0.25, 0.3) is 0 Å². The third-order valence-electron chi connectivity index (χ3n) is 4.04. The Kier molecular flexibility index (Phi) is 4.10. The number of hydrogen-bond acceptors (Lipinski definition) is 4. The van der Waals surface area contributed by atoms with E-state index in [0.29, 0.717) is 12.5 Å². The summed E-state index contributed by atoms with van der Waals surface area (Å²) in [5, 5.41) is 2.92. The normalized spacial score (nSPS) is 19.5. The number of benzene rings is 1. The van der Waals surface area contributed by atoms with E-state index in [1.807, 2.05) is 30.5 Å². The number of nitrogens with zero attached hydrogens (tertiary/aromatic N) is 3. The number of carbonyl (C=O) groups is 1. The Hall–Kier alpha value is -2.01. The summed E-state index contributed by atoms with van der Waals surface area (Å²) >= 11 is 0. The van der Waals surface area contributed by atoms with Crippen LogP contribution >= 0.6 is 0 Å². The van der Waals surface area contributed by atoms with Crippen molar-refractivity contribution in [1.29, 1.82) is 0 Å². The number of nitrogens with one attached hydrogen (secondary N) is 1. The molecule has 1 N–H and O–H groups in total. The van der Waals surface area contributed by atoms with Gasteiger partial charge in [0, 0.05) is 25.6 Å². The molecule has 110 valence electrons. The lowest BCUT2D eigenvalue weighted by atomic mass is 10.1. The van der Waals surface area contributed by atoms with E-state index in [4.69, 9.17) is 0 Å². The Morgan fingerprint density at radius 2 is 2.10 bits per heavy atom. The largest absolute Gasteiger partial charge is 0.356 e. The van der Waals surface area contributed by atoms with Crippen LogP contribution in [0, 0.1) is 0 Å². The lowest BCUT2D eigenvalue weighted by molar-refractivity contribution is -0.120. The van der Waals surface area contributed by atoms with E-state index < -0.39 is 0 Å². The molecule has 1 aliphatic heterocycles. The van der Waals surface area contributed by atoms with E-state index in [1.165, 1.54) is 0 Å². The number of rotatable bonds is 3. The number of para-hydroxylation sites is 2. The molecule has 1 amide bonds. The lowest BCUT2D eigenvalue weighted by Gasteiger charge is -2.26. The summed E-state index contributed by atoms with van der Waals surface area (Å²) in [6.45, 7) is 1.52. The second-order valence-electron chi connectivity index (χ2n) is 5.60. The zero-order chi connectivity index (χ0) is 14.7. The topological polar surface area (TPSA) is 58.1 Å². The molecule has 1 aromatic carbocycles. The first-order valence-corrected chi connectivity index (χ1v) is 7.40. The van der Waals surface area contributed by atoms with Crippen LogP contribution in [-0.4, -0.2) is 40.4 Å². The summed E-state index contributed by atoms with van der Waals surface area (Å²) in [6.07, 6.45) is 4.35. The fraction of sp³-hybridized carbons (Fsp3) is 0.438. The SMILES string of the molecule is CN(Cc1cnc2ccccc2n1)[C@H]1CCNC(=O)CC1. The van der Waals surface area contributed by atoms with Crippen LogP contribution in [0.4, 0.5) is 0 Å². The van der Waals surface area contributed by atoms with Gasteiger partial charge in [0.15, 0.2) is 0 Å². The summed E-state index contributed by atoms with van der Waals surface area (Å²) in [4.78, 5) is 22.8. The predicted molar refractivity (Wildman–Crippen MR) is 81.7 cm³/mol. The molecule has 1 atom stereocenters. The molecule has 1 aliphatic rings. The number of carbonyl (C=O) groups excluding carboxylic acids is 1. The molecule has 0 bridgehead atoms. The molecule has 5 heteroatoms. The second-order valence-corrected chi connectivity index (χ2v) is 5.60. The van der Waals surface area contributed by atoms with E-state index in [9.17, 15) is 4.79 Å². The van der Waals surface area contributed by atoms with Crippen LogP contribution in [-0.2, 0) is 11.3 Å². The first kappa shape index (κ1) is 13.9. The zero-order valence-corrected chi connectivity index (χ0v) is 12.2. The number of hydrogen-bond donors (Lipinski definition) is 1. The Labute approximate surface area is 124 Å². The molecule has 0 saturated carbocycles. The van der Waals surface area contributed by atoms with Crippen molar-refractivity contribution in [3.05, 3.63) is 36.2 Å². The molecular formula is C16H20N4O. The van der Waals surface area contributed by atoms with Crippen molar-refractivity contribution >= 4 is 16.9 Å². The van der Waals surface area contributed by atoms with E-state index in [2.05, 4.69) is 27.2 Å². The van der Waals surface area contributed by atoms with E-state index >= 15 is 0 Å². The quantitative estimate of drug-likeness (QED) is 0.932. The van der Waals surface area contributed by atoms with Crippen LogP contribution in [0.1, 0.15) is 25.0 Å². The number of fused-ring (bicyclic) bond motifs is 1. The highest BCUT2D eigenvalue weighted by Gasteiger charge is 2.20. The number of amides is 1. The van der Waals surface area contributed by atoms with Gasteiger partial charge in [0.1, 0.15) is 0 Å². The highest BCUT2D eigenvalue weighted by Crippen LogP contribution is 2.15. The molecule has 1 aromatic heterocycles. The van der Waals surface area contributed by atoms with Gasteiger partial charge in [-0.25, -0.2) is 4.98 Å². The van der Waals surface area contributed by atoms with Gasteiger partial charge in [-0.05, 0) is 32.0 Å². The molecule has 3 rings (SSSR count). The smallest absolute Gasteiger partial charge is 0.220 e. The van der Waals surface area contributed by atoms with Gasteiger partial charge >= 0.3 is 0 Å². The van der Waals surface area contributed by atoms with Crippen LogP contribution in [0.2, 0.25) is 0 Å². The van der Waals surface area contributed by atoms with Crippen molar-refractivity contribution in [3.8, 4) is 0 Å². The standard InChI is InChI=1S/C16H20N4O/c1-20(13-6-7-16(21)17-9-8-13)11-12-10-18-14-4-2-3-5-15(14)19-12/h2-5,10,13H,6-9,11H2,1H3,(H,17,21)/t13-/m1/s1. The maximum absolute atomic E-state index is 11.4. The van der Waals surface area contributed by atoms with Gasteiger partial charge in [-0.2, -0.15) is 0 Å². The highest BCUT2D eigenvalue weighted by atomic mass is 16.1. The van der Waals surface area contributed by atoms with Crippen LogP contribution < -0.4 is 5.32 Å². The molecular weight excluding hydrogens is 264 g/mol. The molecule has 0 radical (unpaired) electrons. The van der Waals surface area contributed by atoms with Gasteiger partial charge < -0.3 is 5.32 Å². The summed E-state index contributed by atoms with van der Waals surface area (Å²) in [5.41, 5.74) is 2.83. The second kappa shape index (κ2) is 6.18. The van der Waals surface area contributed by atoms with Gasteiger partial charge in [0.05, 0.1) is 22.9 Å². The minimum absolute atomic E-state index is 0.163. The molecule has 0 aliphatic carbocycles. The van der Waals surface area contributed by atoms with Gasteiger partial charge in [-0.15, -0.1) is 0 Å². The van der Waals surface area contributed by atoms with Crippen molar-refractivity contribution in [2.24, 2.45) is 0 Å². The number of aromatic nitrogens is 2. The zero-order valence-electron chi connectivity index (χ0n) is 12.2. The minimum atomic E-state index is 0.163. The molecule has 2 aromatic rings.